The number of aliphatic hydroxyl groups excluding tert-OH is 2. The van der Waals surface area contributed by atoms with Crippen LogP contribution in [0.2, 0.25) is 0 Å². The Labute approximate surface area is 74.9 Å². The van der Waals surface area contributed by atoms with E-state index in [0.29, 0.717) is 12.8 Å². The van der Waals surface area contributed by atoms with E-state index >= 15 is 0 Å². The SMILES string of the molecule is C=CCC(O)CC(O)CCCC. The summed E-state index contributed by atoms with van der Waals surface area (Å²) in [4.78, 5) is 0. The Morgan fingerprint density at radius 2 is 2.00 bits per heavy atom. The zero-order valence-electron chi connectivity index (χ0n) is 7.87. The van der Waals surface area contributed by atoms with Gasteiger partial charge in [0.25, 0.3) is 0 Å². The maximum Gasteiger partial charge on any atom is 0.0599 e. The first-order valence-corrected chi connectivity index (χ1v) is 4.67. The number of hydrogen-bond acceptors (Lipinski definition) is 2. The molecule has 0 saturated heterocycles. The molecule has 2 unspecified atom stereocenters. The van der Waals surface area contributed by atoms with Gasteiger partial charge in [0.05, 0.1) is 12.2 Å². The Kier molecular flexibility index (Phi) is 7.11. The zero-order chi connectivity index (χ0) is 9.40. The molecule has 0 spiro atoms. The first-order valence-electron chi connectivity index (χ1n) is 4.67. The van der Waals surface area contributed by atoms with E-state index in [1.807, 2.05) is 0 Å². The van der Waals surface area contributed by atoms with E-state index in [1.165, 1.54) is 0 Å². The highest BCUT2D eigenvalue weighted by atomic mass is 16.3. The summed E-state index contributed by atoms with van der Waals surface area (Å²) in [6, 6.07) is 0. The van der Waals surface area contributed by atoms with Crippen LogP contribution < -0.4 is 0 Å². The van der Waals surface area contributed by atoms with E-state index in [-0.39, 0.29) is 6.10 Å². The maximum absolute atomic E-state index is 9.38. The largest absolute Gasteiger partial charge is 0.393 e. The first-order chi connectivity index (χ1) is 5.70. The molecule has 72 valence electrons. The van der Waals surface area contributed by atoms with E-state index < -0.39 is 6.10 Å². The van der Waals surface area contributed by atoms with Crippen molar-refractivity contribution in [2.24, 2.45) is 0 Å². The average molecular weight is 172 g/mol. The van der Waals surface area contributed by atoms with Gasteiger partial charge in [0.1, 0.15) is 0 Å². The van der Waals surface area contributed by atoms with Crippen molar-refractivity contribution in [2.75, 3.05) is 0 Å². The molecule has 0 bridgehead atoms. The third-order valence-electron chi connectivity index (χ3n) is 1.87. The van der Waals surface area contributed by atoms with Crippen molar-refractivity contribution in [3.05, 3.63) is 12.7 Å². The molecule has 0 aromatic rings. The quantitative estimate of drug-likeness (QED) is 0.575. The van der Waals surface area contributed by atoms with Crippen LogP contribution in [0.1, 0.15) is 39.0 Å². The van der Waals surface area contributed by atoms with Crippen LogP contribution in [0.3, 0.4) is 0 Å². The van der Waals surface area contributed by atoms with Gasteiger partial charge in [0.15, 0.2) is 0 Å². The monoisotopic (exact) mass is 172 g/mol. The summed E-state index contributed by atoms with van der Waals surface area (Å²) in [6.45, 7) is 5.62. The molecule has 0 aromatic heterocycles. The van der Waals surface area contributed by atoms with Gasteiger partial charge in [0.2, 0.25) is 0 Å². The molecule has 0 fully saturated rings. The molecule has 2 heteroatoms. The molecule has 0 saturated carbocycles. The Balaban J connectivity index is 3.39. The second-order valence-corrected chi connectivity index (χ2v) is 3.21. The molecule has 0 aliphatic rings. The van der Waals surface area contributed by atoms with Gasteiger partial charge in [0, 0.05) is 0 Å². The van der Waals surface area contributed by atoms with Gasteiger partial charge in [-0.2, -0.15) is 0 Å². The van der Waals surface area contributed by atoms with Crippen LogP contribution in [0, 0.1) is 0 Å². The minimum atomic E-state index is -0.422. The van der Waals surface area contributed by atoms with E-state index in [9.17, 15) is 10.2 Å². The van der Waals surface area contributed by atoms with Crippen molar-refractivity contribution in [1.29, 1.82) is 0 Å². The lowest BCUT2D eigenvalue weighted by Crippen LogP contribution is -2.16. The Morgan fingerprint density at radius 3 is 2.50 bits per heavy atom. The van der Waals surface area contributed by atoms with Gasteiger partial charge in [-0.25, -0.2) is 0 Å². The molecule has 0 radical (unpaired) electrons. The van der Waals surface area contributed by atoms with Gasteiger partial charge in [-0.1, -0.05) is 25.8 Å². The van der Waals surface area contributed by atoms with E-state index in [1.54, 1.807) is 6.08 Å². The molecule has 0 aliphatic heterocycles. The third-order valence-corrected chi connectivity index (χ3v) is 1.87. The highest BCUT2D eigenvalue weighted by Crippen LogP contribution is 2.08. The molecule has 12 heavy (non-hydrogen) atoms. The van der Waals surface area contributed by atoms with Crippen molar-refractivity contribution >= 4 is 0 Å². The highest BCUT2D eigenvalue weighted by Gasteiger charge is 2.09. The zero-order valence-corrected chi connectivity index (χ0v) is 7.87. The summed E-state index contributed by atoms with van der Waals surface area (Å²) < 4.78 is 0. The molecule has 2 atom stereocenters. The van der Waals surface area contributed by atoms with Crippen LogP contribution in [0.15, 0.2) is 12.7 Å². The highest BCUT2D eigenvalue weighted by molar-refractivity contribution is 4.74. The standard InChI is InChI=1S/C10H20O2/c1-3-5-7-10(12)8-9(11)6-4-2/h4,9-12H,2-3,5-8H2,1H3. The van der Waals surface area contributed by atoms with Crippen molar-refractivity contribution in [3.8, 4) is 0 Å². The second-order valence-electron chi connectivity index (χ2n) is 3.21. The van der Waals surface area contributed by atoms with E-state index in [2.05, 4.69) is 13.5 Å². The lowest BCUT2D eigenvalue weighted by molar-refractivity contribution is 0.0760. The van der Waals surface area contributed by atoms with Crippen LogP contribution in [-0.4, -0.2) is 22.4 Å². The molecule has 0 aromatic carbocycles. The Morgan fingerprint density at radius 1 is 1.33 bits per heavy atom. The summed E-state index contributed by atoms with van der Waals surface area (Å²) in [6.07, 6.45) is 4.88. The van der Waals surface area contributed by atoms with Gasteiger partial charge in [-0.3, -0.25) is 0 Å². The predicted octanol–water partition coefficient (Wildman–Crippen LogP) is 1.86. The fraction of sp³-hybridized carbons (Fsp3) is 0.800. The van der Waals surface area contributed by atoms with Crippen LogP contribution in [0.25, 0.3) is 0 Å². The molecule has 0 rings (SSSR count). The topological polar surface area (TPSA) is 40.5 Å². The van der Waals surface area contributed by atoms with Crippen LogP contribution >= 0.6 is 0 Å². The van der Waals surface area contributed by atoms with Gasteiger partial charge >= 0.3 is 0 Å². The number of aliphatic hydroxyl groups is 2. The summed E-state index contributed by atoms with van der Waals surface area (Å²) in [5, 5.41) is 18.7. The smallest absolute Gasteiger partial charge is 0.0599 e. The lowest BCUT2D eigenvalue weighted by atomic mass is 10.0. The van der Waals surface area contributed by atoms with Gasteiger partial charge < -0.3 is 10.2 Å². The van der Waals surface area contributed by atoms with E-state index in [0.717, 1.165) is 19.3 Å². The molecule has 0 aliphatic carbocycles. The summed E-state index contributed by atoms with van der Waals surface area (Å²) in [5.74, 6) is 0. The predicted molar refractivity (Wildman–Crippen MR) is 51.0 cm³/mol. The lowest BCUT2D eigenvalue weighted by Gasteiger charge is -2.13. The molecular weight excluding hydrogens is 152 g/mol. The first kappa shape index (κ1) is 11.7. The number of unbranched alkanes of at least 4 members (excludes halogenated alkanes) is 1. The van der Waals surface area contributed by atoms with Crippen molar-refractivity contribution in [2.45, 2.75) is 51.2 Å². The molecule has 2 N–H and O–H groups in total. The van der Waals surface area contributed by atoms with Crippen LogP contribution in [0.4, 0.5) is 0 Å². The van der Waals surface area contributed by atoms with E-state index in [4.69, 9.17) is 0 Å². The number of hydrogen-bond donors (Lipinski definition) is 2. The third kappa shape index (κ3) is 6.38. The normalized spacial score (nSPS) is 15.6. The van der Waals surface area contributed by atoms with Crippen LogP contribution in [0.5, 0.6) is 0 Å². The summed E-state index contributed by atoms with van der Waals surface area (Å²) >= 11 is 0. The average Bonchev–Trinajstić information content (AvgIpc) is 2.01. The van der Waals surface area contributed by atoms with Gasteiger partial charge in [-0.15, -0.1) is 6.58 Å². The maximum atomic E-state index is 9.38. The minimum Gasteiger partial charge on any atom is -0.393 e. The summed E-state index contributed by atoms with van der Waals surface area (Å²) in [5.41, 5.74) is 0. The van der Waals surface area contributed by atoms with Crippen molar-refractivity contribution in [1.82, 2.24) is 0 Å². The minimum absolute atomic E-state index is 0.347. The fourth-order valence-electron chi connectivity index (χ4n) is 1.16. The van der Waals surface area contributed by atoms with Gasteiger partial charge in [-0.05, 0) is 19.3 Å². The number of rotatable bonds is 7. The molecule has 0 heterocycles. The molecular formula is C10H20O2. The Hall–Kier alpha value is -0.340. The Bertz CT molecular complexity index is 112. The fourth-order valence-corrected chi connectivity index (χ4v) is 1.16. The second kappa shape index (κ2) is 7.32. The summed E-state index contributed by atoms with van der Waals surface area (Å²) in [7, 11) is 0. The molecule has 0 amide bonds. The van der Waals surface area contributed by atoms with Crippen LogP contribution in [-0.2, 0) is 0 Å². The molecule has 2 nitrogen and oxygen atoms in total. The van der Waals surface area contributed by atoms with Crippen molar-refractivity contribution in [3.63, 3.8) is 0 Å². The van der Waals surface area contributed by atoms with Crippen molar-refractivity contribution < 1.29 is 10.2 Å².